The lowest BCUT2D eigenvalue weighted by Crippen LogP contribution is -2.44. The molecule has 0 spiro atoms. The number of carbonyl (C=O) groups excluding carboxylic acids is 1. The van der Waals surface area contributed by atoms with E-state index in [9.17, 15) is 4.79 Å². The van der Waals surface area contributed by atoms with E-state index in [2.05, 4.69) is 43.5 Å². The van der Waals surface area contributed by atoms with E-state index in [0.29, 0.717) is 36.3 Å². The Hall–Kier alpha value is -2.22. The van der Waals surface area contributed by atoms with Gasteiger partial charge >= 0.3 is 0 Å². The van der Waals surface area contributed by atoms with Crippen LogP contribution in [0.3, 0.4) is 0 Å². The first-order chi connectivity index (χ1) is 14.5. The Balaban J connectivity index is 1.55. The number of ether oxygens (including phenoxy) is 1. The summed E-state index contributed by atoms with van der Waals surface area (Å²) in [7, 11) is 0. The summed E-state index contributed by atoms with van der Waals surface area (Å²) in [6, 6.07) is 15.6. The minimum absolute atomic E-state index is 0.129. The number of para-hydroxylation sites is 1. The lowest BCUT2D eigenvalue weighted by atomic mass is 9.74. The van der Waals surface area contributed by atoms with Gasteiger partial charge in [-0.2, -0.15) is 0 Å². The molecule has 1 aliphatic rings. The molecule has 2 heterocycles. The Morgan fingerprint density at radius 3 is 2.73 bits per heavy atom. The topological polar surface area (TPSA) is 69.0 Å². The molecule has 1 aromatic heterocycles. The summed E-state index contributed by atoms with van der Waals surface area (Å²) < 4.78 is 8.20. The van der Waals surface area contributed by atoms with Crippen molar-refractivity contribution in [2.45, 2.75) is 25.2 Å². The second kappa shape index (κ2) is 8.88. The van der Waals surface area contributed by atoms with E-state index < -0.39 is 0 Å². The van der Waals surface area contributed by atoms with Gasteiger partial charge in [-0.1, -0.05) is 51.8 Å². The smallest absolute Gasteiger partial charge is 0.291 e. The van der Waals surface area contributed by atoms with Crippen molar-refractivity contribution in [3.8, 4) is 5.69 Å². The van der Waals surface area contributed by atoms with Crippen LogP contribution in [0.4, 0.5) is 0 Å². The van der Waals surface area contributed by atoms with Gasteiger partial charge < -0.3 is 10.1 Å². The van der Waals surface area contributed by atoms with Gasteiger partial charge in [0.25, 0.3) is 5.91 Å². The molecule has 1 amide bonds. The largest absolute Gasteiger partial charge is 0.381 e. The highest BCUT2D eigenvalue weighted by molar-refractivity contribution is 9.10. The van der Waals surface area contributed by atoms with E-state index in [1.807, 2.05) is 30.3 Å². The van der Waals surface area contributed by atoms with Crippen molar-refractivity contribution in [3.63, 3.8) is 0 Å². The number of amides is 1. The van der Waals surface area contributed by atoms with Crippen molar-refractivity contribution in [1.82, 2.24) is 20.1 Å². The molecule has 4 rings (SSSR count). The van der Waals surface area contributed by atoms with E-state index in [1.54, 1.807) is 17.7 Å². The van der Waals surface area contributed by atoms with Gasteiger partial charge in [0.05, 0.1) is 10.7 Å². The van der Waals surface area contributed by atoms with Crippen molar-refractivity contribution in [2.75, 3.05) is 19.8 Å². The zero-order chi connectivity index (χ0) is 21.1. The third kappa shape index (κ3) is 4.29. The van der Waals surface area contributed by atoms with Crippen LogP contribution in [0.1, 0.15) is 34.8 Å². The minimum atomic E-state index is -0.301. The first-order valence-electron chi connectivity index (χ1n) is 9.79. The van der Waals surface area contributed by atoms with Crippen LogP contribution in [-0.2, 0) is 10.2 Å². The molecule has 1 aliphatic heterocycles. The summed E-state index contributed by atoms with van der Waals surface area (Å²) in [5, 5.41) is 7.99. The second-order valence-corrected chi connectivity index (χ2v) is 8.75. The normalized spacial score (nSPS) is 15.7. The van der Waals surface area contributed by atoms with E-state index in [4.69, 9.17) is 16.3 Å². The second-order valence-electron chi connectivity index (χ2n) is 7.43. The Labute approximate surface area is 188 Å². The number of aromatic nitrogens is 3. The number of aryl methyl sites for hydroxylation is 1. The molecule has 0 bridgehead atoms. The average Bonchev–Trinajstić information content (AvgIpc) is 3.14. The van der Waals surface area contributed by atoms with Gasteiger partial charge in [0.2, 0.25) is 5.82 Å². The molecule has 2 aromatic carbocycles. The highest BCUT2D eigenvalue weighted by atomic mass is 79.9. The quantitative estimate of drug-likeness (QED) is 0.574. The number of halogens is 2. The molecule has 156 valence electrons. The maximum atomic E-state index is 12.9. The van der Waals surface area contributed by atoms with Crippen molar-refractivity contribution >= 4 is 33.4 Å². The van der Waals surface area contributed by atoms with Gasteiger partial charge in [0.1, 0.15) is 5.82 Å². The Morgan fingerprint density at radius 2 is 2.00 bits per heavy atom. The molecule has 0 saturated carbocycles. The van der Waals surface area contributed by atoms with E-state index in [1.165, 1.54) is 5.56 Å². The molecule has 1 saturated heterocycles. The molecule has 0 atom stereocenters. The summed E-state index contributed by atoms with van der Waals surface area (Å²) in [6.45, 7) is 3.63. The van der Waals surface area contributed by atoms with Crippen LogP contribution >= 0.6 is 27.5 Å². The molecule has 0 unspecified atom stereocenters. The number of nitrogens with zero attached hydrogens (tertiary/aromatic N) is 3. The Kier molecular flexibility index (Phi) is 6.22. The lowest BCUT2D eigenvalue weighted by molar-refractivity contribution is 0.0486. The van der Waals surface area contributed by atoms with Crippen LogP contribution < -0.4 is 5.32 Å². The minimum Gasteiger partial charge on any atom is -0.381 e. The number of hydrogen-bond donors (Lipinski definition) is 1. The molecule has 1 fully saturated rings. The van der Waals surface area contributed by atoms with Crippen molar-refractivity contribution in [1.29, 1.82) is 0 Å². The number of carbonyl (C=O) groups is 1. The van der Waals surface area contributed by atoms with Gasteiger partial charge in [-0.25, -0.2) is 9.67 Å². The third-order valence-electron chi connectivity index (χ3n) is 5.53. The van der Waals surface area contributed by atoms with Crippen LogP contribution in [0, 0.1) is 6.92 Å². The van der Waals surface area contributed by atoms with Gasteiger partial charge in [0.15, 0.2) is 0 Å². The van der Waals surface area contributed by atoms with Crippen LogP contribution in [0.2, 0.25) is 5.02 Å². The molecular formula is C22H22BrClN4O2. The van der Waals surface area contributed by atoms with Crippen molar-refractivity contribution in [2.24, 2.45) is 0 Å². The van der Waals surface area contributed by atoms with Gasteiger partial charge in [-0.3, -0.25) is 4.79 Å². The predicted molar refractivity (Wildman–Crippen MR) is 119 cm³/mol. The van der Waals surface area contributed by atoms with Crippen molar-refractivity contribution < 1.29 is 9.53 Å². The molecule has 1 N–H and O–H groups in total. The molecule has 30 heavy (non-hydrogen) atoms. The first kappa shape index (κ1) is 21.0. The number of nitrogens with one attached hydrogen (secondary N) is 1. The van der Waals surface area contributed by atoms with Gasteiger partial charge in [0, 0.05) is 29.6 Å². The first-order valence-corrected chi connectivity index (χ1v) is 11.0. The van der Waals surface area contributed by atoms with Gasteiger partial charge in [-0.05, 0) is 49.6 Å². The zero-order valence-corrected chi connectivity index (χ0v) is 18.9. The monoisotopic (exact) mass is 488 g/mol. The van der Waals surface area contributed by atoms with Gasteiger partial charge in [-0.15, -0.1) is 5.10 Å². The fourth-order valence-electron chi connectivity index (χ4n) is 3.81. The maximum Gasteiger partial charge on any atom is 0.291 e. The molecule has 3 aromatic rings. The standard InChI is InChI=1S/C22H22BrClN4O2/c1-15-26-20(27-28(15)19-8-3-2-7-18(19)24)21(29)25-14-22(9-11-30-12-10-22)16-5-4-6-17(23)13-16/h2-8,13H,9-12,14H2,1H3,(H,25,29). The summed E-state index contributed by atoms with van der Waals surface area (Å²) in [5.74, 6) is 0.426. The fourth-order valence-corrected chi connectivity index (χ4v) is 4.43. The fraction of sp³-hybridized carbons (Fsp3) is 0.318. The van der Waals surface area contributed by atoms with Crippen LogP contribution in [0.15, 0.2) is 53.0 Å². The Bertz CT molecular complexity index is 1060. The summed E-state index contributed by atoms with van der Waals surface area (Å²) in [4.78, 5) is 17.2. The molecule has 8 heteroatoms. The van der Waals surface area contributed by atoms with Crippen LogP contribution in [-0.4, -0.2) is 40.4 Å². The van der Waals surface area contributed by atoms with Crippen LogP contribution in [0.25, 0.3) is 5.69 Å². The predicted octanol–water partition coefficient (Wildman–Crippen LogP) is 4.47. The number of rotatable bonds is 5. The third-order valence-corrected chi connectivity index (χ3v) is 6.34. The molecule has 6 nitrogen and oxygen atoms in total. The van der Waals surface area contributed by atoms with E-state index in [0.717, 1.165) is 17.3 Å². The lowest BCUT2D eigenvalue weighted by Gasteiger charge is -2.38. The van der Waals surface area contributed by atoms with E-state index >= 15 is 0 Å². The molecule has 0 radical (unpaired) electrons. The average molecular weight is 490 g/mol. The highest BCUT2D eigenvalue weighted by Crippen LogP contribution is 2.35. The van der Waals surface area contributed by atoms with Crippen molar-refractivity contribution in [3.05, 3.63) is 75.2 Å². The molecular weight excluding hydrogens is 468 g/mol. The summed E-state index contributed by atoms with van der Waals surface area (Å²) >= 11 is 9.83. The maximum absolute atomic E-state index is 12.9. The highest BCUT2D eigenvalue weighted by Gasteiger charge is 2.35. The summed E-state index contributed by atoms with van der Waals surface area (Å²) in [5.41, 5.74) is 1.70. The Morgan fingerprint density at radius 1 is 1.23 bits per heavy atom. The summed E-state index contributed by atoms with van der Waals surface area (Å²) in [6.07, 6.45) is 1.68. The number of benzene rings is 2. The SMILES string of the molecule is Cc1nc(C(=O)NCC2(c3cccc(Br)c3)CCOCC2)nn1-c1ccccc1Cl. The zero-order valence-electron chi connectivity index (χ0n) is 16.6. The molecule has 0 aliphatic carbocycles. The van der Waals surface area contributed by atoms with E-state index in [-0.39, 0.29) is 17.1 Å². The van der Waals surface area contributed by atoms with Crippen LogP contribution in [0.5, 0.6) is 0 Å². The number of hydrogen-bond acceptors (Lipinski definition) is 4.